The van der Waals surface area contributed by atoms with Crippen LogP contribution in [-0.4, -0.2) is 12.6 Å². The Hall–Kier alpha value is -1.57. The first-order valence-electron chi connectivity index (χ1n) is 5.26. The molecule has 15 heavy (non-hydrogen) atoms. The summed E-state index contributed by atoms with van der Waals surface area (Å²) in [4.78, 5) is 11.6. The zero-order chi connectivity index (χ0) is 10.5. The number of hydrogen-bond acceptors (Lipinski definition) is 2. The summed E-state index contributed by atoms with van der Waals surface area (Å²) < 4.78 is 5.20. The van der Waals surface area contributed by atoms with E-state index >= 15 is 0 Å². The normalized spacial score (nSPS) is 14.8. The molecule has 78 valence electrons. The fourth-order valence-corrected chi connectivity index (χ4v) is 1.68. The summed E-state index contributed by atoms with van der Waals surface area (Å²) in [6, 6.07) is 9.10. The molecule has 2 heteroatoms. The molecule has 0 atom stereocenters. The lowest BCUT2D eigenvalue weighted by atomic mass is 10.2. The zero-order valence-electron chi connectivity index (χ0n) is 8.61. The highest BCUT2D eigenvalue weighted by atomic mass is 16.5. The van der Waals surface area contributed by atoms with Gasteiger partial charge in [0.2, 0.25) is 0 Å². The highest BCUT2D eigenvalue weighted by molar-refractivity contribution is 5.89. The fraction of sp³-hybridized carbons (Fsp3) is 0.308. The molecular formula is C13H14O2. The molecule has 1 aromatic rings. The van der Waals surface area contributed by atoms with Gasteiger partial charge >= 0.3 is 5.97 Å². The van der Waals surface area contributed by atoms with Crippen molar-refractivity contribution in [1.29, 1.82) is 0 Å². The second-order valence-electron chi connectivity index (χ2n) is 3.70. The van der Waals surface area contributed by atoms with Gasteiger partial charge in [0.1, 0.15) is 6.61 Å². The lowest BCUT2D eigenvalue weighted by Gasteiger charge is -2.04. The maximum Gasteiger partial charge on any atom is 0.338 e. The van der Waals surface area contributed by atoms with E-state index in [1.165, 1.54) is 12.0 Å². The topological polar surface area (TPSA) is 26.3 Å². The maximum absolute atomic E-state index is 11.6. The highest BCUT2D eigenvalue weighted by Gasteiger charge is 2.09. The van der Waals surface area contributed by atoms with Crippen LogP contribution in [0.5, 0.6) is 0 Å². The quantitative estimate of drug-likeness (QED) is 0.556. The molecular weight excluding hydrogens is 188 g/mol. The smallest absolute Gasteiger partial charge is 0.338 e. The number of esters is 1. The molecule has 0 heterocycles. The minimum Gasteiger partial charge on any atom is -0.458 e. The van der Waals surface area contributed by atoms with Crippen molar-refractivity contribution in [3.05, 3.63) is 47.5 Å². The molecule has 0 fully saturated rings. The van der Waals surface area contributed by atoms with Gasteiger partial charge in [-0.3, -0.25) is 0 Å². The summed E-state index contributed by atoms with van der Waals surface area (Å²) in [5.41, 5.74) is 1.87. The molecule has 0 N–H and O–H groups in total. The Bertz CT molecular complexity index is 365. The van der Waals surface area contributed by atoms with E-state index in [9.17, 15) is 4.79 Å². The van der Waals surface area contributed by atoms with Gasteiger partial charge in [-0.1, -0.05) is 24.3 Å². The molecule has 1 aliphatic rings. The zero-order valence-corrected chi connectivity index (χ0v) is 8.61. The Kier molecular flexibility index (Phi) is 3.18. The molecule has 2 nitrogen and oxygen atoms in total. The summed E-state index contributed by atoms with van der Waals surface area (Å²) >= 11 is 0. The standard InChI is InChI=1S/C13H14O2/c14-13(12-8-2-1-3-9-12)15-10-11-6-4-5-7-11/h1-3,6,8-9H,4-5,7,10H2. The van der Waals surface area contributed by atoms with Crippen LogP contribution >= 0.6 is 0 Å². The lowest BCUT2D eigenvalue weighted by molar-refractivity contribution is 0.0538. The molecule has 0 unspecified atom stereocenters. The summed E-state index contributed by atoms with van der Waals surface area (Å²) in [7, 11) is 0. The minimum absolute atomic E-state index is 0.233. The Morgan fingerprint density at radius 3 is 2.73 bits per heavy atom. The Morgan fingerprint density at radius 1 is 1.27 bits per heavy atom. The monoisotopic (exact) mass is 202 g/mol. The van der Waals surface area contributed by atoms with Gasteiger partial charge in [-0.15, -0.1) is 0 Å². The van der Waals surface area contributed by atoms with E-state index in [1.54, 1.807) is 12.1 Å². The molecule has 1 aliphatic carbocycles. The number of allylic oxidation sites excluding steroid dienone is 1. The Balaban J connectivity index is 1.87. The van der Waals surface area contributed by atoms with Crippen molar-refractivity contribution in [3.8, 4) is 0 Å². The van der Waals surface area contributed by atoms with Crippen molar-refractivity contribution in [2.75, 3.05) is 6.61 Å². The molecule has 0 spiro atoms. The second-order valence-corrected chi connectivity index (χ2v) is 3.70. The van der Waals surface area contributed by atoms with Crippen molar-refractivity contribution in [2.45, 2.75) is 19.3 Å². The van der Waals surface area contributed by atoms with Gasteiger partial charge in [0, 0.05) is 0 Å². The summed E-state index contributed by atoms with van der Waals surface area (Å²) in [6.07, 6.45) is 5.55. The van der Waals surface area contributed by atoms with Crippen molar-refractivity contribution in [2.24, 2.45) is 0 Å². The van der Waals surface area contributed by atoms with E-state index in [4.69, 9.17) is 4.74 Å². The molecule has 0 aliphatic heterocycles. The lowest BCUT2D eigenvalue weighted by Crippen LogP contribution is -2.07. The second kappa shape index (κ2) is 4.78. The highest BCUT2D eigenvalue weighted by Crippen LogP contribution is 2.17. The first-order valence-corrected chi connectivity index (χ1v) is 5.26. The van der Waals surface area contributed by atoms with Crippen LogP contribution in [0.25, 0.3) is 0 Å². The first kappa shape index (κ1) is 9.97. The average Bonchev–Trinajstić information content (AvgIpc) is 2.80. The fourth-order valence-electron chi connectivity index (χ4n) is 1.68. The number of carbonyl (C=O) groups excluding carboxylic acids is 1. The van der Waals surface area contributed by atoms with E-state index in [0.29, 0.717) is 12.2 Å². The van der Waals surface area contributed by atoms with Crippen LogP contribution in [0.15, 0.2) is 42.0 Å². The van der Waals surface area contributed by atoms with Crippen LogP contribution < -0.4 is 0 Å². The predicted molar refractivity (Wildman–Crippen MR) is 58.7 cm³/mol. The van der Waals surface area contributed by atoms with E-state index in [2.05, 4.69) is 6.08 Å². The Morgan fingerprint density at radius 2 is 2.07 bits per heavy atom. The molecule has 1 aromatic carbocycles. The van der Waals surface area contributed by atoms with E-state index in [1.807, 2.05) is 18.2 Å². The summed E-state index contributed by atoms with van der Waals surface area (Å²) in [5, 5.41) is 0. The third-order valence-corrected chi connectivity index (χ3v) is 2.53. The number of benzene rings is 1. The molecule has 0 amide bonds. The first-order chi connectivity index (χ1) is 7.36. The van der Waals surface area contributed by atoms with Gasteiger partial charge in [-0.25, -0.2) is 4.79 Å². The van der Waals surface area contributed by atoms with Crippen molar-refractivity contribution < 1.29 is 9.53 Å². The molecule has 0 saturated carbocycles. The number of ether oxygens (including phenoxy) is 1. The van der Waals surface area contributed by atoms with Gasteiger partial charge in [0.25, 0.3) is 0 Å². The minimum atomic E-state index is -0.233. The largest absolute Gasteiger partial charge is 0.458 e. The van der Waals surface area contributed by atoms with E-state index < -0.39 is 0 Å². The maximum atomic E-state index is 11.6. The number of rotatable bonds is 3. The summed E-state index contributed by atoms with van der Waals surface area (Å²) in [5.74, 6) is -0.233. The van der Waals surface area contributed by atoms with Crippen molar-refractivity contribution in [3.63, 3.8) is 0 Å². The van der Waals surface area contributed by atoms with Gasteiger partial charge in [-0.2, -0.15) is 0 Å². The van der Waals surface area contributed by atoms with Crippen LogP contribution in [-0.2, 0) is 4.74 Å². The summed E-state index contributed by atoms with van der Waals surface area (Å²) in [6.45, 7) is 0.452. The molecule has 2 rings (SSSR count). The van der Waals surface area contributed by atoms with Gasteiger partial charge in [0.05, 0.1) is 5.56 Å². The third-order valence-electron chi connectivity index (χ3n) is 2.53. The van der Waals surface area contributed by atoms with Crippen LogP contribution in [0, 0.1) is 0 Å². The molecule has 0 saturated heterocycles. The van der Waals surface area contributed by atoms with Gasteiger partial charge < -0.3 is 4.74 Å². The average molecular weight is 202 g/mol. The Labute approximate surface area is 89.6 Å². The number of carbonyl (C=O) groups is 1. The van der Waals surface area contributed by atoms with E-state index in [0.717, 1.165) is 12.8 Å². The van der Waals surface area contributed by atoms with Gasteiger partial charge in [0.15, 0.2) is 0 Å². The molecule has 0 aromatic heterocycles. The van der Waals surface area contributed by atoms with Gasteiger partial charge in [-0.05, 0) is 37.0 Å². The van der Waals surface area contributed by atoms with Crippen LogP contribution in [0.2, 0.25) is 0 Å². The number of hydrogen-bond donors (Lipinski definition) is 0. The molecule has 0 radical (unpaired) electrons. The van der Waals surface area contributed by atoms with E-state index in [-0.39, 0.29) is 5.97 Å². The van der Waals surface area contributed by atoms with Crippen LogP contribution in [0.3, 0.4) is 0 Å². The van der Waals surface area contributed by atoms with Crippen LogP contribution in [0.4, 0.5) is 0 Å². The predicted octanol–water partition coefficient (Wildman–Crippen LogP) is 2.95. The SMILES string of the molecule is O=C(OCC1=CCCC1)c1ccccc1. The third kappa shape index (κ3) is 2.69. The molecule has 0 bridgehead atoms. The van der Waals surface area contributed by atoms with Crippen molar-refractivity contribution in [1.82, 2.24) is 0 Å². The van der Waals surface area contributed by atoms with Crippen LogP contribution in [0.1, 0.15) is 29.6 Å². The van der Waals surface area contributed by atoms with Crippen molar-refractivity contribution >= 4 is 5.97 Å².